The van der Waals surface area contributed by atoms with Gasteiger partial charge in [-0.2, -0.15) is 0 Å². The number of ether oxygens (including phenoxy) is 2. The Kier molecular flexibility index (Phi) is 11.8. The molecule has 3 aliphatic rings. The summed E-state index contributed by atoms with van der Waals surface area (Å²) in [6.45, 7) is 7.77. The van der Waals surface area contributed by atoms with Crippen molar-refractivity contribution in [3.63, 3.8) is 0 Å². The lowest BCUT2D eigenvalue weighted by Gasteiger charge is -2.40. The van der Waals surface area contributed by atoms with E-state index in [0.717, 1.165) is 75.7 Å². The predicted octanol–water partition coefficient (Wildman–Crippen LogP) is 4.10. The van der Waals surface area contributed by atoms with Crippen LogP contribution in [0.2, 0.25) is 43.8 Å². The van der Waals surface area contributed by atoms with Gasteiger partial charge in [0.1, 0.15) is 0 Å². The number of carbonyl (C=O) groups excluding carboxylic acids is 1. The van der Waals surface area contributed by atoms with Crippen LogP contribution in [0.5, 0.6) is 0 Å². The van der Waals surface area contributed by atoms with E-state index in [-0.39, 0.29) is 18.0 Å². The Bertz CT molecular complexity index is 692. The fourth-order valence-electron chi connectivity index (χ4n) is 5.53. The van der Waals surface area contributed by atoms with Gasteiger partial charge in [-0.25, -0.2) is 0 Å². The quantitative estimate of drug-likeness (QED) is 0.146. The third-order valence-electron chi connectivity index (χ3n) is 7.70. The van der Waals surface area contributed by atoms with Gasteiger partial charge < -0.3 is 35.4 Å². The summed E-state index contributed by atoms with van der Waals surface area (Å²) in [5, 5.41) is 0. The molecule has 6 atom stereocenters. The Labute approximate surface area is 222 Å². The molecule has 2 aliphatic heterocycles. The number of hydrogen-bond donors (Lipinski definition) is 0. The van der Waals surface area contributed by atoms with Crippen molar-refractivity contribution in [3.05, 3.63) is 0 Å². The van der Waals surface area contributed by atoms with Gasteiger partial charge in [-0.3, -0.25) is 4.79 Å². The minimum Gasteiger partial charge on any atom is -0.465 e. The Balaban J connectivity index is 1.54. The van der Waals surface area contributed by atoms with Crippen LogP contribution in [0.3, 0.4) is 0 Å². The van der Waals surface area contributed by atoms with Gasteiger partial charge in [-0.1, -0.05) is 6.42 Å². The first-order chi connectivity index (χ1) is 17.2. The summed E-state index contributed by atoms with van der Waals surface area (Å²) in [6, 6.07) is 3.50. The Morgan fingerprint density at radius 2 is 1.72 bits per heavy atom. The number of epoxide rings is 1. The molecule has 0 N–H and O–H groups in total. The first kappa shape index (κ1) is 30.6. The summed E-state index contributed by atoms with van der Waals surface area (Å²) >= 11 is 0. The van der Waals surface area contributed by atoms with Crippen molar-refractivity contribution in [3.8, 4) is 0 Å². The molecule has 0 aromatic rings. The number of fused-ring (bicyclic) bond motifs is 1. The molecule has 0 aromatic carbocycles. The summed E-state index contributed by atoms with van der Waals surface area (Å²) in [5.41, 5.74) is 0. The fraction of sp³-hybridized carbons (Fsp3) is 0.957. The highest BCUT2D eigenvalue weighted by atomic mass is 28.5. The van der Waals surface area contributed by atoms with E-state index in [1.54, 1.807) is 21.3 Å². The van der Waals surface area contributed by atoms with Crippen molar-refractivity contribution in [2.75, 3.05) is 34.5 Å². The Morgan fingerprint density at radius 3 is 2.42 bits per heavy atom. The van der Waals surface area contributed by atoms with Crippen LogP contribution in [0.25, 0.3) is 0 Å². The second-order valence-electron chi connectivity index (χ2n) is 10.8. The highest BCUT2D eigenvalue weighted by Crippen LogP contribution is 2.40. The van der Waals surface area contributed by atoms with Gasteiger partial charge in [0.2, 0.25) is 0 Å². The lowest BCUT2D eigenvalue weighted by Crippen LogP contribution is -2.54. The third kappa shape index (κ3) is 9.07. The second-order valence-corrected chi connectivity index (χ2v) is 23.7. The van der Waals surface area contributed by atoms with Gasteiger partial charge in [0.05, 0.1) is 24.7 Å². The van der Waals surface area contributed by atoms with Crippen LogP contribution in [0.15, 0.2) is 0 Å². The molecule has 2 saturated heterocycles. The maximum atomic E-state index is 12.5. The fourth-order valence-corrected chi connectivity index (χ4v) is 20.5. The molecule has 210 valence electrons. The van der Waals surface area contributed by atoms with Crippen molar-refractivity contribution < 1.29 is 40.2 Å². The molecular formula is C23H48O9Si4. The van der Waals surface area contributed by atoms with Crippen molar-refractivity contribution in [1.29, 1.82) is 0 Å². The smallest absolute Gasteiger partial charge is 0.465 e. The SMILES string of the molecule is CO[Si](CCC[Si]1(C)O[SiH](C)CCCCO[Si](C)(CCCOC(=O)C2CCC3OC3C2)O1)(OC)OC. The van der Waals surface area contributed by atoms with Crippen molar-refractivity contribution in [2.24, 2.45) is 5.92 Å². The molecule has 13 heteroatoms. The molecule has 0 amide bonds. The van der Waals surface area contributed by atoms with E-state index >= 15 is 0 Å². The van der Waals surface area contributed by atoms with Crippen molar-refractivity contribution in [2.45, 2.75) is 101 Å². The van der Waals surface area contributed by atoms with Crippen LogP contribution in [0.1, 0.15) is 44.9 Å². The van der Waals surface area contributed by atoms with Crippen molar-refractivity contribution >= 4 is 40.9 Å². The maximum absolute atomic E-state index is 12.5. The maximum Gasteiger partial charge on any atom is 0.500 e. The van der Waals surface area contributed by atoms with E-state index in [4.69, 9.17) is 35.4 Å². The number of esters is 1. The largest absolute Gasteiger partial charge is 0.500 e. The first-order valence-electron chi connectivity index (χ1n) is 13.6. The second kappa shape index (κ2) is 13.9. The highest BCUT2D eigenvalue weighted by Gasteiger charge is 2.47. The lowest BCUT2D eigenvalue weighted by molar-refractivity contribution is -0.149. The van der Waals surface area contributed by atoms with Gasteiger partial charge in [0.25, 0.3) is 0 Å². The van der Waals surface area contributed by atoms with Gasteiger partial charge in [0, 0.05) is 34.0 Å². The number of hydrogen-bond acceptors (Lipinski definition) is 9. The average molecular weight is 581 g/mol. The van der Waals surface area contributed by atoms with Gasteiger partial charge in [-0.05, 0) is 76.3 Å². The zero-order valence-corrected chi connectivity index (χ0v) is 27.3. The van der Waals surface area contributed by atoms with Crippen LogP contribution in [-0.2, 0) is 40.2 Å². The molecule has 0 radical (unpaired) electrons. The van der Waals surface area contributed by atoms with Crippen LogP contribution in [0, 0.1) is 5.92 Å². The normalized spacial score (nSPS) is 35.6. The highest BCUT2D eigenvalue weighted by molar-refractivity contribution is 6.83. The number of rotatable bonds is 12. The molecule has 6 unspecified atom stereocenters. The lowest BCUT2D eigenvalue weighted by atomic mass is 9.89. The summed E-state index contributed by atoms with van der Waals surface area (Å²) in [6.07, 6.45) is 7.12. The predicted molar refractivity (Wildman–Crippen MR) is 146 cm³/mol. The molecule has 0 aromatic heterocycles. The minimum absolute atomic E-state index is 0.0137. The van der Waals surface area contributed by atoms with E-state index in [9.17, 15) is 4.79 Å². The molecule has 0 bridgehead atoms. The summed E-state index contributed by atoms with van der Waals surface area (Å²) in [5.74, 6) is -0.0896. The molecule has 36 heavy (non-hydrogen) atoms. The van der Waals surface area contributed by atoms with E-state index in [1.807, 2.05) is 0 Å². The van der Waals surface area contributed by atoms with E-state index in [0.29, 0.717) is 12.7 Å². The van der Waals surface area contributed by atoms with Crippen LogP contribution in [-0.4, -0.2) is 87.7 Å². The van der Waals surface area contributed by atoms with Crippen molar-refractivity contribution in [1.82, 2.24) is 0 Å². The first-order valence-corrected chi connectivity index (χ1v) is 23.1. The number of carbonyl (C=O) groups is 1. The molecule has 3 rings (SSSR count). The van der Waals surface area contributed by atoms with E-state index < -0.39 is 35.0 Å². The minimum atomic E-state index is -2.63. The van der Waals surface area contributed by atoms with Crippen LogP contribution < -0.4 is 0 Å². The standard InChI is InChI=1S/C23H48O9Si4/c1-25-36(26-2,27-3)18-10-17-35(6)31-33(4)15-8-7-14-29-34(5,32-35)16-9-13-28-23(24)20-11-12-21-22(19-20)30-21/h20-22,33H,7-19H2,1-6H3. The van der Waals surface area contributed by atoms with E-state index in [1.165, 1.54) is 0 Å². The zero-order valence-electron chi connectivity index (χ0n) is 23.2. The summed E-state index contributed by atoms with van der Waals surface area (Å²) < 4.78 is 48.2. The molecule has 2 heterocycles. The third-order valence-corrected chi connectivity index (χ3v) is 22.1. The molecule has 9 nitrogen and oxygen atoms in total. The molecule has 0 spiro atoms. The van der Waals surface area contributed by atoms with Gasteiger partial charge in [-0.15, -0.1) is 0 Å². The average Bonchev–Trinajstić information content (AvgIpc) is 3.63. The molecule has 1 aliphatic carbocycles. The van der Waals surface area contributed by atoms with E-state index in [2.05, 4.69) is 19.6 Å². The summed E-state index contributed by atoms with van der Waals surface area (Å²) in [4.78, 5) is 12.5. The van der Waals surface area contributed by atoms with Crippen LogP contribution in [0.4, 0.5) is 0 Å². The zero-order chi connectivity index (χ0) is 26.2. The Morgan fingerprint density at radius 1 is 1.00 bits per heavy atom. The Hall–Kier alpha value is 0.0575. The molecule has 3 fully saturated rings. The van der Waals surface area contributed by atoms with Crippen LogP contribution >= 0.6 is 0 Å². The monoisotopic (exact) mass is 580 g/mol. The van der Waals surface area contributed by atoms with Gasteiger partial charge in [0.15, 0.2) is 9.04 Å². The summed E-state index contributed by atoms with van der Waals surface area (Å²) in [7, 11) is -4.01. The topological polar surface area (TPSA) is 94.2 Å². The van der Waals surface area contributed by atoms with Gasteiger partial charge >= 0.3 is 31.9 Å². The molecule has 1 saturated carbocycles. The molecular weight excluding hydrogens is 533 g/mol.